The van der Waals surface area contributed by atoms with E-state index in [1.54, 1.807) is 11.3 Å². The molecule has 4 heteroatoms. The van der Waals surface area contributed by atoms with Crippen LogP contribution in [0.15, 0.2) is 30.5 Å². The summed E-state index contributed by atoms with van der Waals surface area (Å²) in [6.45, 7) is 0.967. The van der Waals surface area contributed by atoms with E-state index >= 15 is 0 Å². The fraction of sp³-hybridized carbons (Fsp3) is 0.357. The smallest absolute Gasteiger partial charge is 0.0934 e. The van der Waals surface area contributed by atoms with Gasteiger partial charge in [0.1, 0.15) is 0 Å². The van der Waals surface area contributed by atoms with Gasteiger partial charge in [0, 0.05) is 35.8 Å². The maximum absolute atomic E-state index is 6.05. The van der Waals surface area contributed by atoms with E-state index in [4.69, 9.17) is 11.6 Å². The van der Waals surface area contributed by atoms with Crippen LogP contribution in [0.1, 0.15) is 28.6 Å². The van der Waals surface area contributed by atoms with Crippen LogP contribution in [-0.4, -0.2) is 11.5 Å². The summed E-state index contributed by atoms with van der Waals surface area (Å²) in [5, 5.41) is 3.61. The Balaban J connectivity index is 1.56. The van der Waals surface area contributed by atoms with Gasteiger partial charge in [0.15, 0.2) is 0 Å². The van der Waals surface area contributed by atoms with Crippen molar-refractivity contribution in [3.05, 3.63) is 50.9 Å². The first-order chi connectivity index (χ1) is 8.83. The number of fused-ring (bicyclic) bond motifs is 1. The second kappa shape index (κ2) is 5.39. The summed E-state index contributed by atoms with van der Waals surface area (Å²) in [6.07, 6.45) is 5.18. The van der Waals surface area contributed by atoms with Crippen molar-refractivity contribution >= 4 is 22.9 Å². The van der Waals surface area contributed by atoms with Crippen molar-refractivity contribution in [2.45, 2.75) is 25.3 Å². The Morgan fingerprint density at radius 3 is 3.22 bits per heavy atom. The lowest BCUT2D eigenvalue weighted by Gasteiger charge is -2.12. The third-order valence-electron chi connectivity index (χ3n) is 3.35. The van der Waals surface area contributed by atoms with Crippen LogP contribution >= 0.6 is 22.9 Å². The summed E-state index contributed by atoms with van der Waals surface area (Å²) < 4.78 is 0.913. The molecule has 1 aliphatic rings. The van der Waals surface area contributed by atoms with Gasteiger partial charge in [-0.1, -0.05) is 17.7 Å². The lowest BCUT2D eigenvalue weighted by atomic mass is 10.1. The number of thiophene rings is 1. The number of nitrogens with one attached hydrogen (secondary N) is 1. The zero-order valence-electron chi connectivity index (χ0n) is 10.0. The van der Waals surface area contributed by atoms with E-state index in [-0.39, 0.29) is 0 Å². The molecular weight excluding hydrogens is 264 g/mol. The third kappa shape index (κ3) is 2.58. The molecule has 0 radical (unpaired) electrons. The van der Waals surface area contributed by atoms with E-state index in [2.05, 4.69) is 22.4 Å². The van der Waals surface area contributed by atoms with Gasteiger partial charge in [-0.2, -0.15) is 0 Å². The van der Waals surface area contributed by atoms with Gasteiger partial charge in [0.05, 0.1) is 4.34 Å². The Morgan fingerprint density at radius 1 is 1.44 bits per heavy atom. The molecule has 1 unspecified atom stereocenters. The minimum atomic E-state index is 0.479. The van der Waals surface area contributed by atoms with Gasteiger partial charge in [-0.25, -0.2) is 0 Å². The highest BCUT2D eigenvalue weighted by molar-refractivity contribution is 7.16. The van der Waals surface area contributed by atoms with Crippen molar-refractivity contribution < 1.29 is 0 Å². The van der Waals surface area contributed by atoms with Crippen molar-refractivity contribution in [2.24, 2.45) is 0 Å². The molecule has 0 aromatic carbocycles. The average Bonchev–Trinajstić information content (AvgIpc) is 2.91. The first-order valence-electron chi connectivity index (χ1n) is 6.24. The fourth-order valence-electron chi connectivity index (χ4n) is 2.46. The van der Waals surface area contributed by atoms with Crippen molar-refractivity contribution in [3.63, 3.8) is 0 Å². The maximum Gasteiger partial charge on any atom is 0.0934 e. The number of nitrogens with zero attached hydrogens (tertiary/aromatic N) is 1. The Bertz CT molecular complexity index is 524. The van der Waals surface area contributed by atoms with Crippen LogP contribution in [-0.2, 0) is 12.8 Å². The molecule has 0 saturated carbocycles. The molecule has 0 bridgehead atoms. The summed E-state index contributed by atoms with van der Waals surface area (Å²) >= 11 is 7.78. The van der Waals surface area contributed by atoms with Gasteiger partial charge in [-0.15, -0.1) is 11.3 Å². The quantitative estimate of drug-likeness (QED) is 0.924. The molecule has 1 N–H and O–H groups in total. The molecule has 0 saturated heterocycles. The summed E-state index contributed by atoms with van der Waals surface area (Å²) in [7, 11) is 0. The van der Waals surface area contributed by atoms with Crippen molar-refractivity contribution in [2.75, 3.05) is 6.54 Å². The third-order valence-corrected chi connectivity index (χ3v) is 4.68. The van der Waals surface area contributed by atoms with E-state index < -0.39 is 0 Å². The summed E-state index contributed by atoms with van der Waals surface area (Å²) in [4.78, 5) is 5.79. The van der Waals surface area contributed by atoms with Gasteiger partial charge in [0.2, 0.25) is 0 Å². The Labute approximate surface area is 116 Å². The zero-order valence-corrected chi connectivity index (χ0v) is 11.6. The Kier molecular flexibility index (Phi) is 3.64. The van der Waals surface area contributed by atoms with Gasteiger partial charge < -0.3 is 5.32 Å². The minimum absolute atomic E-state index is 0.479. The number of pyridine rings is 1. The highest BCUT2D eigenvalue weighted by Crippen LogP contribution is 2.39. The van der Waals surface area contributed by atoms with Crippen LogP contribution in [0.5, 0.6) is 0 Å². The number of hydrogen-bond donors (Lipinski definition) is 1. The van der Waals surface area contributed by atoms with Crippen molar-refractivity contribution in [3.8, 4) is 0 Å². The summed E-state index contributed by atoms with van der Waals surface area (Å²) in [6, 6.07) is 8.66. The second-order valence-corrected chi connectivity index (χ2v) is 6.31. The molecule has 2 nitrogen and oxygen atoms in total. The number of aromatic nitrogens is 1. The Hall–Kier alpha value is -0.900. The molecule has 0 fully saturated rings. The minimum Gasteiger partial charge on any atom is -0.309 e. The molecule has 94 valence electrons. The molecule has 1 atom stereocenters. The number of halogens is 1. The lowest BCUT2D eigenvalue weighted by molar-refractivity contribution is 0.531. The monoisotopic (exact) mass is 278 g/mol. The van der Waals surface area contributed by atoms with Crippen LogP contribution in [0, 0.1) is 0 Å². The number of aryl methyl sites for hydroxylation is 1. The van der Waals surface area contributed by atoms with Crippen LogP contribution < -0.4 is 5.32 Å². The van der Waals surface area contributed by atoms with Crippen molar-refractivity contribution in [1.82, 2.24) is 10.3 Å². The SMILES string of the molecule is Clc1cc2c(s1)CCC2NCCc1ccccn1. The molecule has 18 heavy (non-hydrogen) atoms. The summed E-state index contributed by atoms with van der Waals surface area (Å²) in [5.41, 5.74) is 2.55. The van der Waals surface area contributed by atoms with Crippen LogP contribution in [0.3, 0.4) is 0 Å². The Morgan fingerprint density at radius 2 is 2.39 bits per heavy atom. The fourth-order valence-corrected chi connectivity index (χ4v) is 3.82. The average molecular weight is 279 g/mol. The van der Waals surface area contributed by atoms with E-state index in [0.717, 1.165) is 29.4 Å². The lowest BCUT2D eigenvalue weighted by Crippen LogP contribution is -2.21. The topological polar surface area (TPSA) is 24.9 Å². The van der Waals surface area contributed by atoms with E-state index in [1.807, 2.05) is 18.3 Å². The predicted molar refractivity (Wildman–Crippen MR) is 76.3 cm³/mol. The zero-order chi connectivity index (χ0) is 12.4. The van der Waals surface area contributed by atoms with Gasteiger partial charge >= 0.3 is 0 Å². The molecule has 1 aliphatic carbocycles. The van der Waals surface area contributed by atoms with Crippen LogP contribution in [0.2, 0.25) is 4.34 Å². The van der Waals surface area contributed by atoms with Gasteiger partial charge in [0.25, 0.3) is 0 Å². The van der Waals surface area contributed by atoms with Crippen LogP contribution in [0.4, 0.5) is 0 Å². The molecule has 0 spiro atoms. The number of rotatable bonds is 4. The van der Waals surface area contributed by atoms with Crippen molar-refractivity contribution in [1.29, 1.82) is 0 Å². The maximum atomic E-state index is 6.05. The van der Waals surface area contributed by atoms with E-state index in [9.17, 15) is 0 Å². The normalized spacial score (nSPS) is 17.9. The second-order valence-electron chi connectivity index (χ2n) is 4.55. The molecule has 2 heterocycles. The standard InChI is InChI=1S/C14H15ClN2S/c15-14-9-11-12(4-5-13(11)18-14)17-8-6-10-3-1-2-7-16-10/h1-3,7,9,12,17H,4-6,8H2. The molecule has 2 aromatic heterocycles. The molecule has 0 amide bonds. The van der Waals surface area contributed by atoms with Crippen LogP contribution in [0.25, 0.3) is 0 Å². The largest absolute Gasteiger partial charge is 0.309 e. The molecular formula is C14H15ClN2S. The molecule has 0 aliphatic heterocycles. The first-order valence-corrected chi connectivity index (χ1v) is 7.44. The van der Waals surface area contributed by atoms with Gasteiger partial charge in [-0.05, 0) is 36.6 Å². The number of hydrogen-bond acceptors (Lipinski definition) is 3. The highest BCUT2D eigenvalue weighted by Gasteiger charge is 2.24. The van der Waals surface area contributed by atoms with E-state index in [0.29, 0.717) is 6.04 Å². The highest BCUT2D eigenvalue weighted by atomic mass is 35.5. The first kappa shape index (κ1) is 12.2. The van der Waals surface area contributed by atoms with Gasteiger partial charge in [-0.3, -0.25) is 4.98 Å². The predicted octanol–water partition coefficient (Wildman–Crippen LogP) is 3.62. The molecule has 3 rings (SSSR count). The van der Waals surface area contributed by atoms with E-state index in [1.165, 1.54) is 16.9 Å². The molecule has 2 aromatic rings. The summed E-state index contributed by atoms with van der Waals surface area (Å²) in [5.74, 6) is 0.